The van der Waals surface area contributed by atoms with Crippen LogP contribution in [0.4, 0.5) is 5.13 Å². The molecule has 3 aromatic rings. The molecule has 1 amide bonds. The quantitative estimate of drug-likeness (QED) is 0.336. The van der Waals surface area contributed by atoms with Crippen molar-refractivity contribution in [2.24, 2.45) is 0 Å². The number of morpholine rings is 1. The Bertz CT molecular complexity index is 1060. The second kappa shape index (κ2) is 12.5. The molecule has 1 aromatic heterocycles. The van der Waals surface area contributed by atoms with Gasteiger partial charge in [0.2, 0.25) is 5.91 Å². The lowest BCUT2D eigenvalue weighted by Crippen LogP contribution is -2.39. The maximum atomic E-state index is 13.3. The molecule has 8 heteroatoms. The number of thiazole rings is 1. The lowest BCUT2D eigenvalue weighted by molar-refractivity contribution is -0.118. The van der Waals surface area contributed by atoms with Crippen LogP contribution < -0.4 is 9.64 Å². The number of carbonyl (C=O) groups excluding carboxylic acids is 1. The summed E-state index contributed by atoms with van der Waals surface area (Å²) < 4.78 is 12.1. The average molecular weight is 500 g/mol. The summed E-state index contributed by atoms with van der Waals surface area (Å²) in [6.45, 7) is 9.83. The van der Waals surface area contributed by atoms with Gasteiger partial charge in [0, 0.05) is 43.2 Å². The topological polar surface area (TPSA) is 54.9 Å². The highest BCUT2D eigenvalue weighted by molar-refractivity contribution is 7.99. The van der Waals surface area contributed by atoms with E-state index in [1.54, 1.807) is 23.1 Å². The third kappa shape index (κ3) is 6.95. The first-order valence-electron chi connectivity index (χ1n) is 12.0. The summed E-state index contributed by atoms with van der Waals surface area (Å²) in [6, 6.07) is 14.4. The summed E-state index contributed by atoms with van der Waals surface area (Å²) >= 11 is 3.29. The second-order valence-electron chi connectivity index (χ2n) is 8.32. The fourth-order valence-corrected chi connectivity index (χ4v) is 5.77. The van der Waals surface area contributed by atoms with Gasteiger partial charge in [-0.3, -0.25) is 14.6 Å². The molecule has 0 saturated carbocycles. The van der Waals surface area contributed by atoms with Gasteiger partial charge in [-0.1, -0.05) is 29.0 Å². The van der Waals surface area contributed by atoms with Crippen molar-refractivity contribution in [2.45, 2.75) is 31.6 Å². The molecule has 0 radical (unpaired) electrons. The van der Waals surface area contributed by atoms with Crippen LogP contribution in [-0.4, -0.2) is 67.5 Å². The molecule has 2 aromatic carbocycles. The van der Waals surface area contributed by atoms with Crippen LogP contribution in [0.1, 0.15) is 25.3 Å². The molecule has 34 heavy (non-hydrogen) atoms. The summed E-state index contributed by atoms with van der Waals surface area (Å²) in [4.78, 5) is 23.6. The third-order valence-corrected chi connectivity index (χ3v) is 7.81. The van der Waals surface area contributed by atoms with E-state index < -0.39 is 0 Å². The zero-order valence-electron chi connectivity index (χ0n) is 20.0. The van der Waals surface area contributed by atoms with Crippen molar-refractivity contribution in [1.82, 2.24) is 9.88 Å². The Morgan fingerprint density at radius 2 is 2.00 bits per heavy atom. The van der Waals surface area contributed by atoms with Gasteiger partial charge in [-0.25, -0.2) is 4.98 Å². The van der Waals surface area contributed by atoms with Crippen molar-refractivity contribution < 1.29 is 14.3 Å². The minimum atomic E-state index is 0.130. The van der Waals surface area contributed by atoms with Gasteiger partial charge in [-0.2, -0.15) is 0 Å². The number of aryl methyl sites for hydroxylation is 1. The van der Waals surface area contributed by atoms with Crippen molar-refractivity contribution in [3.05, 3.63) is 48.0 Å². The SMILES string of the molecule is CCOc1ccc2nc(N(CCCN3CCOCC3)C(=O)CCSc3ccc(C)cc3)sc2c1. The summed E-state index contributed by atoms with van der Waals surface area (Å²) in [6.07, 6.45) is 1.40. The number of benzene rings is 2. The molecular formula is C26H33N3O3S2. The molecule has 0 atom stereocenters. The van der Waals surface area contributed by atoms with E-state index in [0.717, 1.165) is 66.1 Å². The lowest BCUT2D eigenvalue weighted by atomic mass is 10.2. The summed E-state index contributed by atoms with van der Waals surface area (Å²) in [7, 11) is 0. The first kappa shape index (κ1) is 25.0. The standard InChI is InChI=1S/C26H33N3O3S2/c1-3-32-21-7-10-23-24(19-21)34-26(27-23)29(13-4-12-28-14-16-31-17-15-28)25(30)11-18-33-22-8-5-20(2)6-9-22/h5-10,19H,3-4,11-18H2,1-2H3. The Morgan fingerprint density at radius 1 is 1.21 bits per heavy atom. The van der Waals surface area contributed by atoms with Gasteiger partial charge in [0.05, 0.1) is 30.0 Å². The van der Waals surface area contributed by atoms with E-state index in [9.17, 15) is 4.79 Å². The van der Waals surface area contributed by atoms with E-state index in [-0.39, 0.29) is 5.91 Å². The second-order valence-corrected chi connectivity index (χ2v) is 10.5. The van der Waals surface area contributed by atoms with Crippen LogP contribution in [-0.2, 0) is 9.53 Å². The number of aromatic nitrogens is 1. The Morgan fingerprint density at radius 3 is 2.76 bits per heavy atom. The Hall–Kier alpha value is -2.13. The highest BCUT2D eigenvalue weighted by Gasteiger charge is 2.20. The van der Waals surface area contributed by atoms with Crippen LogP contribution >= 0.6 is 23.1 Å². The Labute approximate surface area is 210 Å². The molecule has 6 nitrogen and oxygen atoms in total. The van der Waals surface area contributed by atoms with Gasteiger partial charge in [0.15, 0.2) is 5.13 Å². The molecule has 0 bridgehead atoms. The van der Waals surface area contributed by atoms with E-state index in [0.29, 0.717) is 19.6 Å². The molecule has 0 N–H and O–H groups in total. The minimum Gasteiger partial charge on any atom is -0.494 e. The Kier molecular flexibility index (Phi) is 9.21. The predicted octanol–water partition coefficient (Wildman–Crippen LogP) is 5.24. The van der Waals surface area contributed by atoms with Gasteiger partial charge in [0.25, 0.3) is 0 Å². The molecule has 0 aliphatic carbocycles. The van der Waals surface area contributed by atoms with Crippen LogP contribution in [0.15, 0.2) is 47.4 Å². The summed E-state index contributed by atoms with van der Waals surface area (Å²) in [5.41, 5.74) is 2.15. The number of hydrogen-bond acceptors (Lipinski definition) is 7. The van der Waals surface area contributed by atoms with E-state index in [1.807, 2.05) is 30.0 Å². The van der Waals surface area contributed by atoms with Gasteiger partial charge < -0.3 is 9.47 Å². The normalized spacial score (nSPS) is 14.4. The zero-order valence-corrected chi connectivity index (χ0v) is 21.6. The number of nitrogens with zero attached hydrogens (tertiary/aromatic N) is 3. The number of rotatable bonds is 11. The van der Waals surface area contributed by atoms with Crippen molar-refractivity contribution in [1.29, 1.82) is 0 Å². The number of hydrogen-bond donors (Lipinski definition) is 0. The summed E-state index contributed by atoms with van der Waals surface area (Å²) in [5, 5.41) is 0.774. The molecule has 182 valence electrons. The maximum Gasteiger partial charge on any atom is 0.229 e. The molecule has 1 aliphatic heterocycles. The van der Waals surface area contributed by atoms with Gasteiger partial charge in [-0.05, 0) is 50.6 Å². The number of carbonyl (C=O) groups is 1. The van der Waals surface area contributed by atoms with Gasteiger partial charge in [-0.15, -0.1) is 11.8 Å². The molecular weight excluding hydrogens is 466 g/mol. The fourth-order valence-electron chi connectivity index (χ4n) is 3.89. The number of fused-ring (bicyclic) bond motifs is 1. The molecule has 1 saturated heterocycles. The minimum absolute atomic E-state index is 0.130. The molecule has 0 spiro atoms. The van der Waals surface area contributed by atoms with Crippen LogP contribution in [0.25, 0.3) is 10.2 Å². The first-order valence-corrected chi connectivity index (χ1v) is 13.8. The van der Waals surface area contributed by atoms with Crippen molar-refractivity contribution >= 4 is 44.4 Å². The third-order valence-electron chi connectivity index (χ3n) is 5.76. The molecule has 1 aliphatic rings. The smallest absolute Gasteiger partial charge is 0.229 e. The first-order chi connectivity index (χ1) is 16.6. The van der Waals surface area contributed by atoms with Gasteiger partial charge >= 0.3 is 0 Å². The van der Waals surface area contributed by atoms with E-state index in [1.165, 1.54) is 10.5 Å². The predicted molar refractivity (Wildman–Crippen MR) is 142 cm³/mol. The highest BCUT2D eigenvalue weighted by atomic mass is 32.2. The number of anilines is 1. The van der Waals surface area contributed by atoms with Crippen LogP contribution in [0.2, 0.25) is 0 Å². The maximum absolute atomic E-state index is 13.3. The lowest BCUT2D eigenvalue weighted by Gasteiger charge is -2.27. The number of ether oxygens (including phenoxy) is 2. The molecule has 1 fully saturated rings. The van der Waals surface area contributed by atoms with Crippen molar-refractivity contribution in [3.8, 4) is 5.75 Å². The van der Waals surface area contributed by atoms with Crippen molar-refractivity contribution in [3.63, 3.8) is 0 Å². The zero-order chi connectivity index (χ0) is 23.8. The monoisotopic (exact) mass is 499 g/mol. The van der Waals surface area contributed by atoms with Gasteiger partial charge in [0.1, 0.15) is 5.75 Å². The molecule has 4 rings (SSSR count). The van der Waals surface area contributed by atoms with E-state index in [4.69, 9.17) is 14.5 Å². The van der Waals surface area contributed by atoms with Crippen LogP contribution in [0.5, 0.6) is 5.75 Å². The van der Waals surface area contributed by atoms with E-state index in [2.05, 4.69) is 36.1 Å². The van der Waals surface area contributed by atoms with E-state index >= 15 is 0 Å². The fraction of sp³-hybridized carbons (Fsp3) is 0.462. The summed E-state index contributed by atoms with van der Waals surface area (Å²) in [5.74, 6) is 1.72. The molecule has 2 heterocycles. The number of amides is 1. The largest absolute Gasteiger partial charge is 0.494 e. The molecule has 0 unspecified atom stereocenters. The van der Waals surface area contributed by atoms with Crippen LogP contribution in [0, 0.1) is 6.92 Å². The van der Waals surface area contributed by atoms with Crippen LogP contribution in [0.3, 0.4) is 0 Å². The Balaban J connectivity index is 1.43. The average Bonchev–Trinajstić information content (AvgIpc) is 3.27. The highest BCUT2D eigenvalue weighted by Crippen LogP contribution is 2.32. The van der Waals surface area contributed by atoms with Crippen molar-refractivity contribution in [2.75, 3.05) is 56.7 Å². The number of thioether (sulfide) groups is 1.